The van der Waals surface area contributed by atoms with Gasteiger partial charge in [-0.2, -0.15) is 0 Å². The molecule has 0 amide bonds. The molecule has 102 valence electrons. The van der Waals surface area contributed by atoms with Gasteiger partial charge in [-0.1, -0.05) is 55.8 Å². The van der Waals surface area contributed by atoms with Crippen LogP contribution in [-0.2, 0) is 11.2 Å². The average molecular weight is 277 g/mol. The molecule has 0 aliphatic heterocycles. The smallest absolute Gasteiger partial charge is 0.160 e. The second kappa shape index (κ2) is 5.92. The summed E-state index contributed by atoms with van der Waals surface area (Å²) in [6, 6.07) is 10.4. The average Bonchev–Trinajstić information content (AvgIpc) is 2.64. The number of carbonyl (C=O) groups excluding carboxylic acids is 1. The second-order valence-corrected chi connectivity index (χ2v) is 6.62. The Kier molecular flexibility index (Phi) is 4.46. The SMILES string of the molecule is CC1(C)CC(=O)/C(=C(/Cl)CCCc2ccccc2)C1. The molecule has 1 aromatic rings. The Balaban J connectivity index is 1.91. The van der Waals surface area contributed by atoms with Crippen LogP contribution < -0.4 is 0 Å². The van der Waals surface area contributed by atoms with Crippen molar-refractivity contribution in [2.24, 2.45) is 5.41 Å². The molecule has 2 rings (SSSR count). The number of rotatable bonds is 4. The first-order chi connectivity index (χ1) is 8.98. The van der Waals surface area contributed by atoms with Gasteiger partial charge in [-0.05, 0) is 36.7 Å². The van der Waals surface area contributed by atoms with Crippen molar-refractivity contribution in [2.75, 3.05) is 0 Å². The Morgan fingerprint density at radius 1 is 1.21 bits per heavy atom. The lowest BCUT2D eigenvalue weighted by atomic mass is 9.91. The van der Waals surface area contributed by atoms with Crippen LogP contribution in [0.25, 0.3) is 0 Å². The van der Waals surface area contributed by atoms with Crippen LogP contribution in [0.5, 0.6) is 0 Å². The summed E-state index contributed by atoms with van der Waals surface area (Å²) in [5.41, 5.74) is 2.29. The summed E-state index contributed by atoms with van der Waals surface area (Å²) < 4.78 is 0. The van der Waals surface area contributed by atoms with E-state index in [0.29, 0.717) is 6.42 Å². The van der Waals surface area contributed by atoms with Gasteiger partial charge < -0.3 is 0 Å². The van der Waals surface area contributed by atoms with E-state index in [4.69, 9.17) is 11.6 Å². The molecule has 1 fully saturated rings. The van der Waals surface area contributed by atoms with Gasteiger partial charge in [0, 0.05) is 17.0 Å². The molecule has 0 saturated heterocycles. The minimum Gasteiger partial charge on any atom is -0.294 e. The zero-order valence-corrected chi connectivity index (χ0v) is 12.5. The molecule has 0 radical (unpaired) electrons. The first kappa shape index (κ1) is 14.3. The molecule has 1 aromatic carbocycles. The summed E-state index contributed by atoms with van der Waals surface area (Å²) >= 11 is 6.33. The van der Waals surface area contributed by atoms with E-state index < -0.39 is 0 Å². The van der Waals surface area contributed by atoms with Crippen LogP contribution in [0.15, 0.2) is 40.9 Å². The maximum Gasteiger partial charge on any atom is 0.160 e. The standard InChI is InChI=1S/C17H21ClO/c1-17(2)11-14(16(19)12-17)15(18)10-6-9-13-7-4-3-5-8-13/h3-5,7-8H,6,9-12H2,1-2H3/b15-14+. The monoisotopic (exact) mass is 276 g/mol. The lowest BCUT2D eigenvalue weighted by Gasteiger charge is -2.13. The molecule has 1 saturated carbocycles. The fourth-order valence-electron chi connectivity index (χ4n) is 2.67. The van der Waals surface area contributed by atoms with E-state index >= 15 is 0 Å². The Hall–Kier alpha value is -1.08. The minimum atomic E-state index is 0.0893. The number of Topliss-reactive ketones (excluding diaryl/α,β-unsaturated/α-hetero) is 1. The van der Waals surface area contributed by atoms with E-state index in [2.05, 4.69) is 38.1 Å². The fraction of sp³-hybridized carbons (Fsp3) is 0.471. The van der Waals surface area contributed by atoms with Gasteiger partial charge in [0.05, 0.1) is 0 Å². The number of benzene rings is 1. The van der Waals surface area contributed by atoms with Crippen LogP contribution in [0, 0.1) is 5.41 Å². The summed E-state index contributed by atoms with van der Waals surface area (Å²) in [6.07, 6.45) is 4.29. The van der Waals surface area contributed by atoms with E-state index in [1.165, 1.54) is 5.56 Å². The quantitative estimate of drug-likeness (QED) is 0.716. The van der Waals surface area contributed by atoms with Gasteiger partial charge in [-0.3, -0.25) is 4.79 Å². The molecular weight excluding hydrogens is 256 g/mol. The number of aryl methyl sites for hydroxylation is 1. The highest BCUT2D eigenvalue weighted by molar-refractivity contribution is 6.32. The number of carbonyl (C=O) groups is 1. The van der Waals surface area contributed by atoms with Crippen molar-refractivity contribution >= 4 is 17.4 Å². The van der Waals surface area contributed by atoms with Crippen molar-refractivity contribution in [1.82, 2.24) is 0 Å². The van der Waals surface area contributed by atoms with E-state index in [9.17, 15) is 4.79 Å². The molecule has 0 atom stereocenters. The number of hydrogen-bond donors (Lipinski definition) is 0. The van der Waals surface area contributed by atoms with Crippen molar-refractivity contribution in [1.29, 1.82) is 0 Å². The fourth-order valence-corrected chi connectivity index (χ4v) is 2.98. The molecule has 1 aliphatic carbocycles. The van der Waals surface area contributed by atoms with Gasteiger partial charge in [0.1, 0.15) is 0 Å². The van der Waals surface area contributed by atoms with Crippen LogP contribution in [0.2, 0.25) is 0 Å². The Morgan fingerprint density at radius 3 is 2.47 bits per heavy atom. The highest BCUT2D eigenvalue weighted by Gasteiger charge is 2.34. The Bertz CT molecular complexity index is 485. The van der Waals surface area contributed by atoms with E-state index in [1.54, 1.807) is 0 Å². The molecule has 1 aliphatic rings. The normalized spacial score (nSPS) is 20.7. The summed E-state index contributed by atoms with van der Waals surface area (Å²) in [5.74, 6) is 0.245. The van der Waals surface area contributed by atoms with Gasteiger partial charge in [-0.25, -0.2) is 0 Å². The van der Waals surface area contributed by atoms with Gasteiger partial charge in [0.15, 0.2) is 5.78 Å². The van der Waals surface area contributed by atoms with Gasteiger partial charge in [-0.15, -0.1) is 0 Å². The third kappa shape index (κ3) is 3.94. The van der Waals surface area contributed by atoms with Crippen molar-refractivity contribution < 1.29 is 4.79 Å². The first-order valence-corrected chi connectivity index (χ1v) is 7.30. The van der Waals surface area contributed by atoms with Crippen molar-refractivity contribution in [3.05, 3.63) is 46.5 Å². The molecule has 0 N–H and O–H groups in total. The molecule has 19 heavy (non-hydrogen) atoms. The van der Waals surface area contributed by atoms with Gasteiger partial charge in [0.25, 0.3) is 0 Å². The molecule has 0 bridgehead atoms. The topological polar surface area (TPSA) is 17.1 Å². The van der Waals surface area contributed by atoms with Gasteiger partial charge in [0.2, 0.25) is 0 Å². The number of halogens is 1. The first-order valence-electron chi connectivity index (χ1n) is 6.93. The summed E-state index contributed by atoms with van der Waals surface area (Å²) in [7, 11) is 0. The molecule has 0 unspecified atom stereocenters. The maximum atomic E-state index is 11.9. The van der Waals surface area contributed by atoms with E-state index in [1.807, 2.05) is 6.07 Å². The maximum absolute atomic E-state index is 11.9. The largest absolute Gasteiger partial charge is 0.294 e. The molecule has 1 nitrogen and oxygen atoms in total. The lowest BCUT2D eigenvalue weighted by molar-refractivity contribution is -0.115. The van der Waals surface area contributed by atoms with Crippen LogP contribution in [0.3, 0.4) is 0 Å². The minimum absolute atomic E-state index is 0.0893. The Labute approximate surface area is 120 Å². The van der Waals surface area contributed by atoms with E-state index in [-0.39, 0.29) is 11.2 Å². The number of hydrogen-bond acceptors (Lipinski definition) is 1. The predicted octanol–water partition coefficient (Wildman–Crippen LogP) is 4.89. The molecular formula is C17H21ClO. The van der Waals surface area contributed by atoms with Gasteiger partial charge >= 0.3 is 0 Å². The predicted molar refractivity (Wildman–Crippen MR) is 80.3 cm³/mol. The van der Waals surface area contributed by atoms with Crippen LogP contribution in [0.1, 0.15) is 45.1 Å². The second-order valence-electron chi connectivity index (χ2n) is 6.16. The van der Waals surface area contributed by atoms with Crippen molar-refractivity contribution in [2.45, 2.75) is 46.0 Å². The summed E-state index contributed by atoms with van der Waals surface area (Å²) in [6.45, 7) is 4.26. The van der Waals surface area contributed by atoms with Crippen LogP contribution in [0.4, 0.5) is 0 Å². The highest BCUT2D eigenvalue weighted by atomic mass is 35.5. The highest BCUT2D eigenvalue weighted by Crippen LogP contribution is 2.40. The summed E-state index contributed by atoms with van der Waals surface area (Å²) in [5, 5.41) is 0.784. The van der Waals surface area contributed by atoms with Crippen molar-refractivity contribution in [3.63, 3.8) is 0 Å². The molecule has 0 aromatic heterocycles. The molecule has 0 spiro atoms. The molecule has 0 heterocycles. The zero-order valence-electron chi connectivity index (χ0n) is 11.7. The number of allylic oxidation sites excluding steroid dienone is 2. The zero-order chi connectivity index (χ0) is 13.9. The molecule has 2 heteroatoms. The number of ketones is 1. The van der Waals surface area contributed by atoms with Crippen LogP contribution >= 0.6 is 11.6 Å². The van der Waals surface area contributed by atoms with E-state index in [0.717, 1.165) is 36.3 Å². The van der Waals surface area contributed by atoms with Crippen LogP contribution in [-0.4, -0.2) is 5.78 Å². The van der Waals surface area contributed by atoms with Crippen molar-refractivity contribution in [3.8, 4) is 0 Å². The summed E-state index contributed by atoms with van der Waals surface area (Å²) in [4.78, 5) is 11.9. The lowest BCUT2D eigenvalue weighted by Crippen LogP contribution is -2.04. The Morgan fingerprint density at radius 2 is 1.89 bits per heavy atom. The third-order valence-electron chi connectivity index (χ3n) is 3.66. The third-order valence-corrected chi connectivity index (χ3v) is 4.08.